The summed E-state index contributed by atoms with van der Waals surface area (Å²) >= 11 is 5.64. The lowest BCUT2D eigenvalue weighted by Gasteiger charge is -2.17. The van der Waals surface area contributed by atoms with E-state index in [0.29, 0.717) is 0 Å². The predicted octanol–water partition coefficient (Wildman–Crippen LogP) is 2.53. The third kappa shape index (κ3) is 3.07. The molecule has 1 aromatic carbocycles. The van der Waals surface area contributed by atoms with Crippen molar-refractivity contribution in [2.45, 2.75) is 18.3 Å². The van der Waals surface area contributed by atoms with E-state index in [1.165, 1.54) is 6.07 Å². The van der Waals surface area contributed by atoms with Crippen molar-refractivity contribution in [3.8, 4) is 0 Å². The summed E-state index contributed by atoms with van der Waals surface area (Å²) in [5.74, 6) is 0. The van der Waals surface area contributed by atoms with Crippen LogP contribution in [0.4, 0.5) is 18.9 Å². The second-order valence-electron chi connectivity index (χ2n) is 4.08. The van der Waals surface area contributed by atoms with Crippen LogP contribution in [0.5, 0.6) is 0 Å². The van der Waals surface area contributed by atoms with E-state index in [-0.39, 0.29) is 23.9 Å². The maximum Gasteiger partial charge on any atom is 0.416 e. The van der Waals surface area contributed by atoms with Crippen LogP contribution in [0.1, 0.15) is 5.56 Å². The zero-order valence-electron chi connectivity index (χ0n) is 9.17. The molecular weight excluding hydrogens is 271 g/mol. The normalized spacial score (nSPS) is 24.3. The van der Waals surface area contributed by atoms with Gasteiger partial charge in [0.15, 0.2) is 0 Å². The fraction of sp³-hybridized carbons (Fsp3) is 0.455. The van der Waals surface area contributed by atoms with E-state index in [4.69, 9.17) is 16.3 Å². The first-order chi connectivity index (χ1) is 8.36. The number of hydrogen-bond acceptors (Lipinski definition) is 3. The van der Waals surface area contributed by atoms with Gasteiger partial charge in [-0.15, -0.1) is 0 Å². The van der Waals surface area contributed by atoms with Crippen molar-refractivity contribution in [1.29, 1.82) is 0 Å². The van der Waals surface area contributed by atoms with Gasteiger partial charge in [0.25, 0.3) is 0 Å². The summed E-state index contributed by atoms with van der Waals surface area (Å²) in [6.45, 7) is 0.416. The number of alkyl halides is 3. The molecule has 0 radical (unpaired) electrons. The Morgan fingerprint density at radius 3 is 2.56 bits per heavy atom. The molecule has 1 aromatic rings. The summed E-state index contributed by atoms with van der Waals surface area (Å²) in [6.07, 6.45) is -5.19. The maximum absolute atomic E-state index is 12.6. The standard InChI is InChI=1S/C11H11ClF3NO2/c12-7-1-6(11(13,14)15)2-8(3-7)16-9-4-18-5-10(9)17/h1-3,9-10,16-17H,4-5H2. The first-order valence-corrected chi connectivity index (χ1v) is 5.64. The smallest absolute Gasteiger partial charge is 0.388 e. The van der Waals surface area contributed by atoms with Crippen molar-refractivity contribution in [1.82, 2.24) is 0 Å². The van der Waals surface area contributed by atoms with Crippen molar-refractivity contribution in [3.05, 3.63) is 28.8 Å². The predicted molar refractivity (Wildman–Crippen MR) is 60.7 cm³/mol. The van der Waals surface area contributed by atoms with Crippen LogP contribution in [0.2, 0.25) is 5.02 Å². The molecule has 1 heterocycles. The van der Waals surface area contributed by atoms with Gasteiger partial charge < -0.3 is 15.2 Å². The number of anilines is 1. The topological polar surface area (TPSA) is 41.5 Å². The lowest BCUT2D eigenvalue weighted by molar-refractivity contribution is -0.137. The highest BCUT2D eigenvalue weighted by Gasteiger charge is 2.32. The molecule has 0 bridgehead atoms. The summed E-state index contributed by atoms with van der Waals surface area (Å²) in [4.78, 5) is 0. The van der Waals surface area contributed by atoms with Crippen molar-refractivity contribution >= 4 is 17.3 Å². The zero-order valence-corrected chi connectivity index (χ0v) is 9.92. The number of aliphatic hydroxyl groups excluding tert-OH is 1. The molecule has 1 fully saturated rings. The first-order valence-electron chi connectivity index (χ1n) is 5.26. The summed E-state index contributed by atoms with van der Waals surface area (Å²) in [6, 6.07) is 2.76. The van der Waals surface area contributed by atoms with E-state index in [0.717, 1.165) is 12.1 Å². The number of benzene rings is 1. The van der Waals surface area contributed by atoms with Gasteiger partial charge >= 0.3 is 6.18 Å². The molecule has 1 aliphatic heterocycles. The van der Waals surface area contributed by atoms with E-state index in [9.17, 15) is 18.3 Å². The molecule has 18 heavy (non-hydrogen) atoms. The lowest BCUT2D eigenvalue weighted by atomic mass is 10.1. The average Bonchev–Trinajstić information content (AvgIpc) is 2.62. The van der Waals surface area contributed by atoms with Gasteiger partial charge in [-0.2, -0.15) is 13.2 Å². The van der Waals surface area contributed by atoms with Crippen LogP contribution in [-0.4, -0.2) is 30.5 Å². The Bertz CT molecular complexity index is 439. The van der Waals surface area contributed by atoms with Crippen LogP contribution in [0.25, 0.3) is 0 Å². The Kier molecular flexibility index (Phi) is 3.70. The Morgan fingerprint density at radius 2 is 2.00 bits per heavy atom. The zero-order chi connectivity index (χ0) is 13.3. The molecule has 0 saturated carbocycles. The Hall–Kier alpha value is -0.980. The monoisotopic (exact) mass is 281 g/mol. The molecular formula is C11H11ClF3NO2. The molecule has 0 amide bonds. The number of hydrogen-bond donors (Lipinski definition) is 2. The molecule has 1 saturated heterocycles. The maximum atomic E-state index is 12.6. The molecule has 2 N–H and O–H groups in total. The molecule has 0 aromatic heterocycles. The third-order valence-electron chi connectivity index (χ3n) is 2.63. The highest BCUT2D eigenvalue weighted by molar-refractivity contribution is 6.30. The van der Waals surface area contributed by atoms with Crippen LogP contribution in [-0.2, 0) is 10.9 Å². The van der Waals surface area contributed by atoms with Crippen molar-refractivity contribution in [3.63, 3.8) is 0 Å². The van der Waals surface area contributed by atoms with Crippen molar-refractivity contribution in [2.24, 2.45) is 0 Å². The molecule has 3 nitrogen and oxygen atoms in total. The van der Waals surface area contributed by atoms with Gasteiger partial charge in [0.2, 0.25) is 0 Å². The molecule has 2 atom stereocenters. The van der Waals surface area contributed by atoms with Gasteiger partial charge in [0.05, 0.1) is 30.9 Å². The fourth-order valence-corrected chi connectivity index (χ4v) is 1.97. The SMILES string of the molecule is OC1COCC1Nc1cc(Cl)cc(C(F)(F)F)c1. The Labute approximate surface area is 107 Å². The highest BCUT2D eigenvalue weighted by Crippen LogP contribution is 2.33. The van der Waals surface area contributed by atoms with Gasteiger partial charge in [-0.3, -0.25) is 0 Å². The van der Waals surface area contributed by atoms with Gasteiger partial charge in [-0.1, -0.05) is 11.6 Å². The van der Waals surface area contributed by atoms with Crippen molar-refractivity contribution < 1.29 is 23.0 Å². The average molecular weight is 282 g/mol. The van der Waals surface area contributed by atoms with E-state index >= 15 is 0 Å². The molecule has 0 spiro atoms. The molecule has 1 aliphatic rings. The number of rotatable bonds is 2. The Balaban J connectivity index is 2.20. The van der Waals surface area contributed by atoms with Gasteiger partial charge in [0, 0.05) is 10.7 Å². The minimum Gasteiger partial charge on any atom is -0.388 e. The number of nitrogens with one attached hydrogen (secondary N) is 1. The second kappa shape index (κ2) is 4.95. The van der Waals surface area contributed by atoms with Crippen LogP contribution >= 0.6 is 11.6 Å². The first kappa shape index (κ1) is 13.5. The van der Waals surface area contributed by atoms with Crippen molar-refractivity contribution in [2.75, 3.05) is 18.5 Å². The summed E-state index contributed by atoms with van der Waals surface area (Å²) in [5.41, 5.74) is -0.615. The molecule has 2 unspecified atom stereocenters. The van der Waals surface area contributed by atoms with E-state index in [1.54, 1.807) is 0 Å². The molecule has 7 heteroatoms. The lowest BCUT2D eigenvalue weighted by Crippen LogP contribution is -2.31. The summed E-state index contributed by atoms with van der Waals surface area (Å²) in [7, 11) is 0. The van der Waals surface area contributed by atoms with E-state index < -0.39 is 23.9 Å². The quantitative estimate of drug-likeness (QED) is 0.875. The van der Waals surface area contributed by atoms with E-state index in [2.05, 4.69) is 5.32 Å². The van der Waals surface area contributed by atoms with E-state index in [1.807, 2.05) is 0 Å². The van der Waals surface area contributed by atoms with Crippen LogP contribution in [0, 0.1) is 0 Å². The van der Waals surface area contributed by atoms with Crippen LogP contribution in [0.15, 0.2) is 18.2 Å². The van der Waals surface area contributed by atoms with Gasteiger partial charge in [-0.05, 0) is 18.2 Å². The summed E-state index contributed by atoms with van der Waals surface area (Å²) in [5, 5.41) is 12.3. The van der Waals surface area contributed by atoms with Gasteiger partial charge in [-0.25, -0.2) is 0 Å². The third-order valence-corrected chi connectivity index (χ3v) is 2.85. The molecule has 100 valence electrons. The number of halogens is 4. The fourth-order valence-electron chi connectivity index (χ4n) is 1.73. The number of aliphatic hydroxyl groups is 1. The summed E-state index contributed by atoms with van der Waals surface area (Å²) < 4.78 is 42.7. The Morgan fingerprint density at radius 1 is 1.28 bits per heavy atom. The van der Waals surface area contributed by atoms with Gasteiger partial charge in [0.1, 0.15) is 0 Å². The second-order valence-corrected chi connectivity index (χ2v) is 4.52. The minimum absolute atomic E-state index is 0.0132. The van der Waals surface area contributed by atoms with Crippen LogP contribution < -0.4 is 5.32 Å². The van der Waals surface area contributed by atoms with Crippen LogP contribution in [0.3, 0.4) is 0 Å². The molecule has 2 rings (SSSR count). The highest BCUT2D eigenvalue weighted by atomic mass is 35.5. The number of ether oxygens (including phenoxy) is 1. The largest absolute Gasteiger partial charge is 0.416 e. The minimum atomic E-state index is -4.45. The molecule has 0 aliphatic carbocycles.